The second-order valence-corrected chi connectivity index (χ2v) is 6.58. The molecule has 1 atom stereocenters. The van der Waals surface area contributed by atoms with E-state index in [-0.39, 0.29) is 43.7 Å². The van der Waals surface area contributed by atoms with Gasteiger partial charge < -0.3 is 15.3 Å². The maximum atomic E-state index is 13.1. The van der Waals surface area contributed by atoms with Crippen molar-refractivity contribution in [1.29, 1.82) is 0 Å². The second kappa shape index (κ2) is 10.0. The van der Waals surface area contributed by atoms with Crippen LogP contribution in [-0.2, 0) is 22.6 Å². The Bertz CT molecular complexity index is 766. The molecule has 2 rings (SSSR count). The van der Waals surface area contributed by atoms with Crippen molar-refractivity contribution >= 4 is 23.4 Å². The Labute approximate surface area is 162 Å². The lowest BCUT2D eigenvalue weighted by molar-refractivity contribution is -0.140. The number of hydrogen-bond acceptors (Lipinski definition) is 3. The van der Waals surface area contributed by atoms with E-state index in [2.05, 4.69) is 5.32 Å². The molecule has 2 N–H and O–H groups in total. The van der Waals surface area contributed by atoms with Gasteiger partial charge in [0, 0.05) is 18.1 Å². The Morgan fingerprint density at radius 3 is 2.30 bits per heavy atom. The quantitative estimate of drug-likeness (QED) is 0.725. The first-order valence-electron chi connectivity index (χ1n) is 8.57. The molecule has 0 aliphatic heterocycles. The van der Waals surface area contributed by atoms with E-state index in [1.807, 2.05) is 0 Å². The third-order valence-corrected chi connectivity index (χ3v) is 4.37. The molecular weight excluding hydrogens is 371 g/mol. The molecule has 0 heterocycles. The van der Waals surface area contributed by atoms with E-state index < -0.39 is 6.04 Å². The number of rotatable bonds is 8. The summed E-state index contributed by atoms with van der Waals surface area (Å²) in [7, 11) is 0. The lowest BCUT2D eigenvalue weighted by Crippen LogP contribution is -2.48. The zero-order valence-electron chi connectivity index (χ0n) is 15.0. The van der Waals surface area contributed by atoms with Gasteiger partial charge in [0.1, 0.15) is 11.9 Å². The molecule has 7 heteroatoms. The summed E-state index contributed by atoms with van der Waals surface area (Å²) in [5.74, 6) is -0.976. The minimum Gasteiger partial charge on any atom is -0.395 e. The third-order valence-electron chi connectivity index (χ3n) is 4.11. The lowest BCUT2D eigenvalue weighted by atomic mass is 10.1. The van der Waals surface area contributed by atoms with Crippen LogP contribution in [0.15, 0.2) is 48.5 Å². The van der Waals surface area contributed by atoms with Crippen molar-refractivity contribution in [3.63, 3.8) is 0 Å². The molecule has 0 radical (unpaired) electrons. The number of hydrogen-bond donors (Lipinski definition) is 2. The second-order valence-electron chi connectivity index (χ2n) is 6.14. The van der Waals surface area contributed by atoms with Crippen molar-refractivity contribution < 1.29 is 19.1 Å². The van der Waals surface area contributed by atoms with Gasteiger partial charge >= 0.3 is 0 Å². The molecule has 2 aromatic rings. The highest BCUT2D eigenvalue weighted by Crippen LogP contribution is 2.15. The van der Waals surface area contributed by atoms with E-state index in [9.17, 15) is 14.0 Å². The fourth-order valence-electron chi connectivity index (χ4n) is 2.57. The molecule has 144 valence electrons. The number of aliphatic hydroxyl groups excluding tert-OH is 1. The molecule has 5 nitrogen and oxygen atoms in total. The number of nitrogens with one attached hydrogen (secondary N) is 1. The SMILES string of the molecule is C[C@H](C(=O)NCCO)N(Cc1ccc(F)cc1)C(=O)Cc1ccc(Cl)cc1. The fraction of sp³-hybridized carbons (Fsp3) is 0.300. The number of amides is 2. The first kappa shape index (κ1) is 20.9. The van der Waals surface area contributed by atoms with Crippen molar-refractivity contribution in [2.75, 3.05) is 13.2 Å². The van der Waals surface area contributed by atoms with E-state index in [4.69, 9.17) is 16.7 Å². The summed E-state index contributed by atoms with van der Waals surface area (Å²) < 4.78 is 13.1. The number of aliphatic hydroxyl groups is 1. The molecule has 0 aliphatic carbocycles. The number of halogens is 2. The first-order valence-corrected chi connectivity index (χ1v) is 8.95. The van der Waals surface area contributed by atoms with Crippen molar-refractivity contribution in [3.8, 4) is 0 Å². The van der Waals surface area contributed by atoms with Gasteiger partial charge in [-0.15, -0.1) is 0 Å². The molecule has 0 spiro atoms. The summed E-state index contributed by atoms with van der Waals surface area (Å²) in [6, 6.07) is 12.0. The molecule has 0 saturated carbocycles. The van der Waals surface area contributed by atoms with Crippen LogP contribution in [0.3, 0.4) is 0 Å². The number of carbonyl (C=O) groups excluding carboxylic acids is 2. The Hall–Kier alpha value is -2.44. The Balaban J connectivity index is 2.18. The maximum absolute atomic E-state index is 13.1. The smallest absolute Gasteiger partial charge is 0.242 e. The molecule has 0 fully saturated rings. The van der Waals surface area contributed by atoms with Crippen LogP contribution in [0.5, 0.6) is 0 Å². The van der Waals surface area contributed by atoms with Crippen molar-refractivity contribution in [2.24, 2.45) is 0 Å². The minimum absolute atomic E-state index is 0.107. The Morgan fingerprint density at radius 2 is 1.70 bits per heavy atom. The van der Waals surface area contributed by atoms with Gasteiger partial charge in [-0.25, -0.2) is 4.39 Å². The van der Waals surface area contributed by atoms with Crippen molar-refractivity contribution in [3.05, 3.63) is 70.5 Å². The van der Waals surface area contributed by atoms with Crippen LogP contribution >= 0.6 is 11.6 Å². The van der Waals surface area contributed by atoms with E-state index >= 15 is 0 Å². The topological polar surface area (TPSA) is 69.6 Å². The Kier molecular flexibility index (Phi) is 7.76. The normalized spacial score (nSPS) is 11.7. The molecule has 0 aliphatic rings. The van der Waals surface area contributed by atoms with Crippen LogP contribution in [0.1, 0.15) is 18.1 Å². The van der Waals surface area contributed by atoms with Crippen LogP contribution < -0.4 is 5.32 Å². The highest BCUT2D eigenvalue weighted by Gasteiger charge is 2.26. The van der Waals surface area contributed by atoms with Crippen LogP contribution in [0.2, 0.25) is 5.02 Å². The zero-order valence-corrected chi connectivity index (χ0v) is 15.7. The lowest BCUT2D eigenvalue weighted by Gasteiger charge is -2.29. The standard InChI is InChI=1S/C20H22ClFN2O3/c1-14(20(27)23-10-11-25)24(13-16-4-8-18(22)9-5-16)19(26)12-15-2-6-17(21)7-3-15/h2-9,14,25H,10-13H2,1H3,(H,23,27)/t14-/m1/s1. The predicted octanol–water partition coefficient (Wildman–Crippen LogP) is 2.55. The van der Waals surface area contributed by atoms with Crippen LogP contribution in [0.25, 0.3) is 0 Å². The first-order chi connectivity index (χ1) is 12.9. The van der Waals surface area contributed by atoms with Crippen molar-refractivity contribution in [2.45, 2.75) is 25.9 Å². The van der Waals surface area contributed by atoms with Crippen LogP contribution in [-0.4, -0.2) is 41.0 Å². The summed E-state index contributed by atoms with van der Waals surface area (Å²) in [5, 5.41) is 12.0. The van der Waals surface area contributed by atoms with Gasteiger partial charge in [0.15, 0.2) is 0 Å². The predicted molar refractivity (Wildman–Crippen MR) is 102 cm³/mol. The van der Waals surface area contributed by atoms with E-state index in [1.165, 1.54) is 17.0 Å². The molecule has 0 saturated heterocycles. The number of nitrogens with zero attached hydrogens (tertiary/aromatic N) is 1. The summed E-state index contributed by atoms with van der Waals surface area (Å²) >= 11 is 5.87. The maximum Gasteiger partial charge on any atom is 0.242 e. The monoisotopic (exact) mass is 392 g/mol. The highest BCUT2D eigenvalue weighted by atomic mass is 35.5. The van der Waals surface area contributed by atoms with Gasteiger partial charge in [-0.3, -0.25) is 9.59 Å². The van der Waals surface area contributed by atoms with Gasteiger partial charge in [-0.2, -0.15) is 0 Å². The van der Waals surface area contributed by atoms with Gasteiger partial charge in [-0.05, 0) is 42.3 Å². The molecule has 0 aromatic heterocycles. The van der Waals surface area contributed by atoms with Crippen molar-refractivity contribution in [1.82, 2.24) is 10.2 Å². The highest BCUT2D eigenvalue weighted by molar-refractivity contribution is 6.30. The van der Waals surface area contributed by atoms with E-state index in [0.717, 1.165) is 5.56 Å². The number of carbonyl (C=O) groups is 2. The average molecular weight is 393 g/mol. The fourth-order valence-corrected chi connectivity index (χ4v) is 2.70. The molecule has 2 aromatic carbocycles. The largest absolute Gasteiger partial charge is 0.395 e. The van der Waals surface area contributed by atoms with Crippen LogP contribution in [0.4, 0.5) is 4.39 Å². The van der Waals surface area contributed by atoms with Gasteiger partial charge in [-0.1, -0.05) is 35.9 Å². The summed E-state index contributed by atoms with van der Waals surface area (Å²) in [6.45, 7) is 1.71. The summed E-state index contributed by atoms with van der Waals surface area (Å²) in [4.78, 5) is 26.6. The number of benzene rings is 2. The van der Waals surface area contributed by atoms with Gasteiger partial charge in [0.05, 0.1) is 13.0 Å². The van der Waals surface area contributed by atoms with Gasteiger partial charge in [0.25, 0.3) is 0 Å². The summed E-state index contributed by atoms with van der Waals surface area (Å²) in [5.41, 5.74) is 1.49. The average Bonchev–Trinajstić information content (AvgIpc) is 2.66. The zero-order chi connectivity index (χ0) is 19.8. The van der Waals surface area contributed by atoms with Crippen LogP contribution in [0, 0.1) is 5.82 Å². The Morgan fingerprint density at radius 1 is 1.11 bits per heavy atom. The van der Waals surface area contributed by atoms with Gasteiger partial charge in [0.2, 0.25) is 11.8 Å². The van der Waals surface area contributed by atoms with E-state index in [0.29, 0.717) is 10.6 Å². The minimum atomic E-state index is -0.749. The molecule has 0 bridgehead atoms. The molecule has 2 amide bonds. The van der Waals surface area contributed by atoms with E-state index in [1.54, 1.807) is 43.3 Å². The third kappa shape index (κ3) is 6.34. The molecule has 27 heavy (non-hydrogen) atoms. The molecule has 0 unspecified atom stereocenters. The molecular formula is C20H22ClFN2O3. The summed E-state index contributed by atoms with van der Waals surface area (Å²) in [6.07, 6.45) is 0.107.